The molecule has 0 aliphatic carbocycles. The minimum atomic E-state index is -0.177. The predicted octanol–water partition coefficient (Wildman–Crippen LogP) is 0.714. The number of anilines is 2. The molecule has 4 N–H and O–H groups in total. The normalized spacial score (nSPS) is 19.4. The van der Waals surface area contributed by atoms with Crippen molar-refractivity contribution in [2.24, 2.45) is 5.92 Å². The van der Waals surface area contributed by atoms with Crippen molar-refractivity contribution >= 4 is 22.5 Å². The van der Waals surface area contributed by atoms with Crippen LogP contribution in [0.4, 0.5) is 11.6 Å². The fraction of sp³-hybridized carbons (Fsp3) is 0.429. The van der Waals surface area contributed by atoms with E-state index in [-0.39, 0.29) is 18.1 Å². The summed E-state index contributed by atoms with van der Waals surface area (Å²) in [6, 6.07) is 5.14. The van der Waals surface area contributed by atoms with Gasteiger partial charge >= 0.3 is 0 Å². The fourth-order valence-corrected chi connectivity index (χ4v) is 2.70. The number of benzene rings is 1. The number of nitrogens with zero attached hydrogens (tertiary/aromatic N) is 2. The Bertz CT molecular complexity index is 682. The average molecular weight is 274 g/mol. The summed E-state index contributed by atoms with van der Waals surface area (Å²) in [5.74, 6) is 0.821. The molecule has 2 heterocycles. The summed E-state index contributed by atoms with van der Waals surface area (Å²) < 4.78 is 0. The summed E-state index contributed by atoms with van der Waals surface area (Å²) in [4.78, 5) is 21.5. The third kappa shape index (κ3) is 2.34. The van der Waals surface area contributed by atoms with Crippen LogP contribution in [-0.4, -0.2) is 34.8 Å². The number of nitrogen functional groups attached to an aromatic ring is 1. The maximum atomic E-state index is 12.1. The van der Waals surface area contributed by atoms with Gasteiger partial charge in [-0.05, 0) is 37.0 Å². The van der Waals surface area contributed by atoms with Gasteiger partial charge in [-0.1, -0.05) is 0 Å². The molecule has 6 nitrogen and oxygen atoms in total. The summed E-state index contributed by atoms with van der Waals surface area (Å²) in [6.45, 7) is 1.74. The van der Waals surface area contributed by atoms with Crippen LogP contribution in [0.5, 0.6) is 0 Å². The van der Waals surface area contributed by atoms with Crippen LogP contribution in [0.3, 0.4) is 0 Å². The molecule has 6 heteroatoms. The highest BCUT2D eigenvalue weighted by Crippen LogP contribution is 2.21. The van der Waals surface area contributed by atoms with Crippen molar-refractivity contribution in [3.05, 3.63) is 28.6 Å². The lowest BCUT2D eigenvalue weighted by Gasteiger charge is -2.32. The monoisotopic (exact) mass is 274 g/mol. The summed E-state index contributed by atoms with van der Waals surface area (Å²) in [6.07, 6.45) is 2.01. The molecule has 106 valence electrons. The number of H-pyrrole nitrogens is 1. The first-order valence-electron chi connectivity index (χ1n) is 6.83. The molecule has 1 atom stereocenters. The van der Waals surface area contributed by atoms with E-state index in [4.69, 9.17) is 5.73 Å². The number of fused-ring (bicyclic) bond motifs is 1. The Morgan fingerprint density at radius 1 is 1.50 bits per heavy atom. The van der Waals surface area contributed by atoms with Crippen LogP contribution >= 0.6 is 0 Å². The minimum Gasteiger partial charge on any atom is -0.399 e. The van der Waals surface area contributed by atoms with Crippen molar-refractivity contribution in [1.29, 1.82) is 0 Å². The van der Waals surface area contributed by atoms with E-state index >= 15 is 0 Å². The first kappa shape index (κ1) is 12.9. The molecule has 0 bridgehead atoms. The topological polar surface area (TPSA) is 95.2 Å². The zero-order valence-corrected chi connectivity index (χ0v) is 11.2. The van der Waals surface area contributed by atoms with Crippen LogP contribution in [0.15, 0.2) is 23.0 Å². The Labute approximate surface area is 116 Å². The highest BCUT2D eigenvalue weighted by atomic mass is 16.3. The van der Waals surface area contributed by atoms with E-state index in [1.54, 1.807) is 18.2 Å². The average Bonchev–Trinajstić information content (AvgIpc) is 2.48. The van der Waals surface area contributed by atoms with Crippen molar-refractivity contribution in [1.82, 2.24) is 9.97 Å². The van der Waals surface area contributed by atoms with Crippen LogP contribution in [-0.2, 0) is 0 Å². The molecule has 1 unspecified atom stereocenters. The molecule has 1 aliphatic rings. The van der Waals surface area contributed by atoms with Gasteiger partial charge in [0.2, 0.25) is 5.95 Å². The smallest absolute Gasteiger partial charge is 0.260 e. The lowest BCUT2D eigenvalue weighted by molar-refractivity contribution is 0.208. The van der Waals surface area contributed by atoms with Gasteiger partial charge in [0, 0.05) is 25.4 Å². The molecule has 0 spiro atoms. The minimum absolute atomic E-state index is 0.171. The van der Waals surface area contributed by atoms with Crippen LogP contribution in [0, 0.1) is 5.92 Å². The second-order valence-electron chi connectivity index (χ2n) is 5.30. The van der Waals surface area contributed by atoms with Gasteiger partial charge in [-0.2, -0.15) is 0 Å². The maximum absolute atomic E-state index is 12.1. The first-order chi connectivity index (χ1) is 9.67. The Morgan fingerprint density at radius 2 is 2.35 bits per heavy atom. The first-order valence-corrected chi connectivity index (χ1v) is 6.83. The number of aliphatic hydroxyl groups excluding tert-OH is 1. The number of aliphatic hydroxyl groups is 1. The van der Waals surface area contributed by atoms with Crippen molar-refractivity contribution in [3.8, 4) is 0 Å². The molecule has 20 heavy (non-hydrogen) atoms. The molecule has 2 aromatic rings. The third-order valence-electron chi connectivity index (χ3n) is 3.79. The van der Waals surface area contributed by atoms with Crippen molar-refractivity contribution in [2.45, 2.75) is 12.8 Å². The van der Waals surface area contributed by atoms with E-state index in [1.807, 2.05) is 4.90 Å². The molecule has 0 saturated carbocycles. The molecule has 1 saturated heterocycles. The highest BCUT2D eigenvalue weighted by molar-refractivity contribution is 5.81. The van der Waals surface area contributed by atoms with Gasteiger partial charge in [-0.25, -0.2) is 4.98 Å². The van der Waals surface area contributed by atoms with Crippen LogP contribution in [0.2, 0.25) is 0 Å². The number of aromatic nitrogens is 2. The van der Waals surface area contributed by atoms with E-state index in [1.165, 1.54) is 0 Å². The Morgan fingerprint density at radius 3 is 3.15 bits per heavy atom. The molecule has 1 aliphatic heterocycles. The maximum Gasteiger partial charge on any atom is 0.260 e. The quantitative estimate of drug-likeness (QED) is 0.701. The lowest BCUT2D eigenvalue weighted by atomic mass is 9.99. The van der Waals surface area contributed by atoms with Gasteiger partial charge in [-0.3, -0.25) is 9.78 Å². The molecule has 3 rings (SSSR count). The van der Waals surface area contributed by atoms with Crippen molar-refractivity contribution in [3.63, 3.8) is 0 Å². The number of piperidine rings is 1. The standard InChI is InChI=1S/C14H18N4O2/c15-10-3-4-12-11(6-10)13(20)17-14(16-12)18-5-1-2-9(7-18)8-19/h3-4,6,9,19H,1-2,5,7-8,15H2,(H,16,17,20). The van der Waals surface area contributed by atoms with Crippen LogP contribution in [0.1, 0.15) is 12.8 Å². The Hall–Kier alpha value is -2.08. The molecular weight excluding hydrogens is 256 g/mol. The molecule has 1 aromatic carbocycles. The van der Waals surface area contributed by atoms with E-state index < -0.39 is 0 Å². The van der Waals surface area contributed by atoms with Gasteiger partial charge < -0.3 is 15.7 Å². The molecule has 1 fully saturated rings. The van der Waals surface area contributed by atoms with Gasteiger partial charge in [0.1, 0.15) is 0 Å². The third-order valence-corrected chi connectivity index (χ3v) is 3.79. The number of nitrogens with one attached hydrogen (secondary N) is 1. The van der Waals surface area contributed by atoms with Gasteiger partial charge in [0.25, 0.3) is 5.56 Å². The molecule has 0 amide bonds. The molecule has 1 aromatic heterocycles. The van der Waals surface area contributed by atoms with Gasteiger partial charge in [0.05, 0.1) is 10.9 Å². The highest BCUT2D eigenvalue weighted by Gasteiger charge is 2.21. The molecule has 0 radical (unpaired) electrons. The second-order valence-corrected chi connectivity index (χ2v) is 5.30. The Balaban J connectivity index is 2.00. The largest absolute Gasteiger partial charge is 0.399 e. The Kier molecular flexibility index (Phi) is 3.31. The van der Waals surface area contributed by atoms with Gasteiger partial charge in [0.15, 0.2) is 0 Å². The number of rotatable bonds is 2. The SMILES string of the molecule is Nc1ccc2nc(N3CCCC(CO)C3)[nH]c(=O)c2c1. The lowest BCUT2D eigenvalue weighted by Crippen LogP contribution is -2.38. The fourth-order valence-electron chi connectivity index (χ4n) is 2.70. The number of hydrogen-bond donors (Lipinski definition) is 3. The van der Waals surface area contributed by atoms with E-state index in [2.05, 4.69) is 9.97 Å². The number of hydrogen-bond acceptors (Lipinski definition) is 5. The van der Waals surface area contributed by atoms with E-state index in [0.29, 0.717) is 22.5 Å². The van der Waals surface area contributed by atoms with Gasteiger partial charge in [-0.15, -0.1) is 0 Å². The summed E-state index contributed by atoms with van der Waals surface area (Å²) >= 11 is 0. The zero-order valence-electron chi connectivity index (χ0n) is 11.2. The number of aromatic amines is 1. The van der Waals surface area contributed by atoms with Crippen LogP contribution < -0.4 is 16.2 Å². The number of nitrogens with two attached hydrogens (primary N) is 1. The van der Waals surface area contributed by atoms with Crippen molar-refractivity contribution < 1.29 is 5.11 Å². The summed E-state index contributed by atoms with van der Waals surface area (Å²) in [7, 11) is 0. The van der Waals surface area contributed by atoms with Crippen LogP contribution in [0.25, 0.3) is 10.9 Å². The van der Waals surface area contributed by atoms with E-state index in [9.17, 15) is 9.90 Å². The van der Waals surface area contributed by atoms with Crippen molar-refractivity contribution in [2.75, 3.05) is 30.3 Å². The second kappa shape index (κ2) is 5.13. The van der Waals surface area contributed by atoms with E-state index in [0.717, 1.165) is 25.9 Å². The summed E-state index contributed by atoms with van der Waals surface area (Å²) in [5.41, 5.74) is 6.71. The zero-order chi connectivity index (χ0) is 14.1. The summed E-state index contributed by atoms with van der Waals surface area (Å²) in [5, 5.41) is 9.78. The predicted molar refractivity (Wildman–Crippen MR) is 78.8 cm³/mol. The molecular formula is C14H18N4O2.